The van der Waals surface area contributed by atoms with Crippen molar-refractivity contribution in [3.05, 3.63) is 29.8 Å². The first-order valence-electron chi connectivity index (χ1n) is 5.81. The number of amides is 1. The number of rotatable bonds is 2. The fraction of sp³-hybridized carbons (Fsp3) is 0.385. The summed E-state index contributed by atoms with van der Waals surface area (Å²) in [6.07, 6.45) is 0.669. The zero-order valence-electron chi connectivity index (χ0n) is 9.85. The maximum absolute atomic E-state index is 12.0. The Kier molecular flexibility index (Phi) is 3.13. The second-order valence-corrected chi connectivity index (χ2v) is 4.22. The van der Waals surface area contributed by atoms with Crippen molar-refractivity contribution in [3.63, 3.8) is 0 Å². The van der Waals surface area contributed by atoms with Crippen LogP contribution >= 0.6 is 0 Å². The van der Waals surface area contributed by atoms with Gasteiger partial charge in [0.05, 0.1) is 0 Å². The van der Waals surface area contributed by atoms with Gasteiger partial charge in [0, 0.05) is 25.1 Å². The summed E-state index contributed by atoms with van der Waals surface area (Å²) < 4.78 is 0. The largest absolute Gasteiger partial charge is 0.399 e. The maximum Gasteiger partial charge on any atom is 0.223 e. The van der Waals surface area contributed by atoms with E-state index in [0.29, 0.717) is 25.1 Å². The summed E-state index contributed by atoms with van der Waals surface area (Å²) in [7, 11) is 0. The van der Waals surface area contributed by atoms with Crippen LogP contribution < -0.4 is 5.73 Å². The quantitative estimate of drug-likeness (QED) is 0.786. The molecule has 17 heavy (non-hydrogen) atoms. The molecule has 1 aromatic rings. The standard InChI is InChI=1S/C13H16N2O2/c1-2-15-12(17)8-7-11(16)13(15)9-3-5-10(14)6-4-9/h3-6,13H,2,7-8,14H2,1H3. The van der Waals surface area contributed by atoms with Crippen molar-refractivity contribution in [1.82, 2.24) is 4.90 Å². The predicted octanol–water partition coefficient (Wildman–Crippen LogP) is 1.52. The zero-order valence-corrected chi connectivity index (χ0v) is 9.85. The van der Waals surface area contributed by atoms with E-state index in [4.69, 9.17) is 5.73 Å². The van der Waals surface area contributed by atoms with Crippen LogP contribution in [0.3, 0.4) is 0 Å². The number of nitrogens with zero attached hydrogens (tertiary/aromatic N) is 1. The lowest BCUT2D eigenvalue weighted by molar-refractivity contribution is -0.145. The van der Waals surface area contributed by atoms with Gasteiger partial charge in [0.2, 0.25) is 5.91 Å². The molecule has 90 valence electrons. The van der Waals surface area contributed by atoms with Crippen LogP contribution in [0.1, 0.15) is 31.4 Å². The fourth-order valence-electron chi connectivity index (χ4n) is 2.23. The van der Waals surface area contributed by atoms with Gasteiger partial charge in [-0.15, -0.1) is 0 Å². The number of benzene rings is 1. The topological polar surface area (TPSA) is 63.4 Å². The number of nitrogens with two attached hydrogens (primary N) is 1. The Labute approximate surface area is 100 Å². The van der Waals surface area contributed by atoms with Gasteiger partial charge in [-0.05, 0) is 24.6 Å². The van der Waals surface area contributed by atoms with Gasteiger partial charge in [-0.3, -0.25) is 9.59 Å². The molecular formula is C13H16N2O2. The number of ketones is 1. The predicted molar refractivity (Wildman–Crippen MR) is 65.2 cm³/mol. The molecule has 1 unspecified atom stereocenters. The van der Waals surface area contributed by atoms with Gasteiger partial charge in [-0.1, -0.05) is 12.1 Å². The first-order chi connectivity index (χ1) is 8.13. The fourth-order valence-corrected chi connectivity index (χ4v) is 2.23. The van der Waals surface area contributed by atoms with Crippen LogP contribution in [0.2, 0.25) is 0 Å². The summed E-state index contributed by atoms with van der Waals surface area (Å²) in [4.78, 5) is 25.4. The summed E-state index contributed by atoms with van der Waals surface area (Å²) >= 11 is 0. The van der Waals surface area contributed by atoms with Crippen LogP contribution in [0.15, 0.2) is 24.3 Å². The Hall–Kier alpha value is -1.84. The number of likely N-dealkylation sites (tertiary alicyclic amines) is 1. The molecule has 1 aromatic carbocycles. The highest BCUT2D eigenvalue weighted by Crippen LogP contribution is 2.28. The van der Waals surface area contributed by atoms with E-state index >= 15 is 0 Å². The van der Waals surface area contributed by atoms with Crippen molar-refractivity contribution in [2.24, 2.45) is 0 Å². The summed E-state index contributed by atoms with van der Waals surface area (Å²) in [5.74, 6) is 0.158. The molecule has 0 saturated carbocycles. The number of Topliss-reactive ketones (excluding diaryl/α,β-unsaturated/α-hetero) is 1. The van der Waals surface area contributed by atoms with Crippen LogP contribution in [0.5, 0.6) is 0 Å². The molecule has 1 aliphatic heterocycles. The highest BCUT2D eigenvalue weighted by atomic mass is 16.2. The molecule has 2 rings (SSSR count). The minimum Gasteiger partial charge on any atom is -0.399 e. The Morgan fingerprint density at radius 1 is 1.24 bits per heavy atom. The van der Waals surface area contributed by atoms with Crippen molar-refractivity contribution < 1.29 is 9.59 Å². The molecule has 1 fully saturated rings. The Bertz CT molecular complexity index is 439. The van der Waals surface area contributed by atoms with Crippen LogP contribution in [0.25, 0.3) is 0 Å². The first kappa shape index (κ1) is 11.6. The molecule has 1 amide bonds. The Morgan fingerprint density at radius 2 is 1.88 bits per heavy atom. The van der Waals surface area contributed by atoms with E-state index in [0.717, 1.165) is 5.56 Å². The van der Waals surface area contributed by atoms with Gasteiger partial charge < -0.3 is 10.6 Å². The lowest BCUT2D eigenvalue weighted by atomic mass is 9.93. The number of nitrogen functional groups attached to an aromatic ring is 1. The number of carbonyl (C=O) groups excluding carboxylic acids is 2. The highest BCUT2D eigenvalue weighted by Gasteiger charge is 2.34. The van der Waals surface area contributed by atoms with Gasteiger partial charge in [0.1, 0.15) is 6.04 Å². The van der Waals surface area contributed by atoms with E-state index < -0.39 is 6.04 Å². The molecular weight excluding hydrogens is 216 g/mol. The molecule has 1 saturated heterocycles. The number of hydrogen-bond acceptors (Lipinski definition) is 3. The minimum atomic E-state index is -0.429. The van der Waals surface area contributed by atoms with Gasteiger partial charge in [-0.25, -0.2) is 0 Å². The van der Waals surface area contributed by atoms with E-state index in [1.807, 2.05) is 19.1 Å². The number of anilines is 1. The van der Waals surface area contributed by atoms with Gasteiger partial charge >= 0.3 is 0 Å². The third-order valence-electron chi connectivity index (χ3n) is 3.12. The molecule has 0 spiro atoms. The highest BCUT2D eigenvalue weighted by molar-refractivity contribution is 5.96. The Morgan fingerprint density at radius 3 is 2.47 bits per heavy atom. The third kappa shape index (κ3) is 2.16. The molecule has 4 heteroatoms. The lowest BCUT2D eigenvalue weighted by Gasteiger charge is -2.34. The second-order valence-electron chi connectivity index (χ2n) is 4.22. The number of likely N-dealkylation sites (N-methyl/N-ethyl adjacent to an activating group) is 1. The van der Waals surface area contributed by atoms with E-state index in [-0.39, 0.29) is 11.7 Å². The van der Waals surface area contributed by atoms with Crippen molar-refractivity contribution in [1.29, 1.82) is 0 Å². The SMILES string of the molecule is CCN1C(=O)CCC(=O)C1c1ccc(N)cc1. The monoisotopic (exact) mass is 232 g/mol. The van der Waals surface area contributed by atoms with Gasteiger partial charge in [-0.2, -0.15) is 0 Å². The van der Waals surface area contributed by atoms with Crippen molar-refractivity contribution in [3.8, 4) is 0 Å². The molecule has 0 radical (unpaired) electrons. The maximum atomic E-state index is 12.0. The van der Waals surface area contributed by atoms with Crippen LogP contribution in [-0.4, -0.2) is 23.1 Å². The van der Waals surface area contributed by atoms with Crippen molar-refractivity contribution in [2.45, 2.75) is 25.8 Å². The average Bonchev–Trinajstić information content (AvgIpc) is 2.33. The summed E-state index contributed by atoms with van der Waals surface area (Å²) in [6.45, 7) is 2.44. The first-order valence-corrected chi connectivity index (χ1v) is 5.81. The molecule has 0 bridgehead atoms. The van der Waals surface area contributed by atoms with Crippen LogP contribution in [-0.2, 0) is 9.59 Å². The Balaban J connectivity index is 2.35. The molecule has 1 heterocycles. The molecule has 0 aromatic heterocycles. The normalized spacial score (nSPS) is 20.8. The van der Waals surface area contributed by atoms with Gasteiger partial charge in [0.25, 0.3) is 0 Å². The number of hydrogen-bond donors (Lipinski definition) is 1. The van der Waals surface area contributed by atoms with E-state index in [1.165, 1.54) is 0 Å². The zero-order chi connectivity index (χ0) is 12.4. The van der Waals surface area contributed by atoms with E-state index in [2.05, 4.69) is 0 Å². The van der Waals surface area contributed by atoms with Crippen LogP contribution in [0.4, 0.5) is 5.69 Å². The molecule has 4 nitrogen and oxygen atoms in total. The summed E-state index contributed by atoms with van der Waals surface area (Å²) in [6, 6.07) is 6.73. The summed E-state index contributed by atoms with van der Waals surface area (Å²) in [5, 5.41) is 0. The summed E-state index contributed by atoms with van der Waals surface area (Å²) in [5.41, 5.74) is 7.12. The van der Waals surface area contributed by atoms with Gasteiger partial charge in [0.15, 0.2) is 5.78 Å². The minimum absolute atomic E-state index is 0.0499. The molecule has 1 atom stereocenters. The number of piperidine rings is 1. The molecule has 2 N–H and O–H groups in total. The van der Waals surface area contributed by atoms with Crippen molar-refractivity contribution >= 4 is 17.4 Å². The van der Waals surface area contributed by atoms with Crippen molar-refractivity contribution in [2.75, 3.05) is 12.3 Å². The lowest BCUT2D eigenvalue weighted by Crippen LogP contribution is -2.43. The average molecular weight is 232 g/mol. The van der Waals surface area contributed by atoms with Crippen LogP contribution in [0, 0.1) is 0 Å². The third-order valence-corrected chi connectivity index (χ3v) is 3.12. The second kappa shape index (κ2) is 4.57. The van der Waals surface area contributed by atoms with E-state index in [9.17, 15) is 9.59 Å². The molecule has 0 aliphatic carbocycles. The number of carbonyl (C=O) groups is 2. The van der Waals surface area contributed by atoms with E-state index in [1.54, 1.807) is 17.0 Å². The smallest absolute Gasteiger partial charge is 0.223 e. The molecule has 1 aliphatic rings.